The molecule has 2 aromatic rings. The minimum absolute atomic E-state index is 0.601. The van der Waals surface area contributed by atoms with Crippen molar-refractivity contribution in [2.24, 2.45) is 7.05 Å². The standard InChI is InChI=1S/C13H15N5/c1-9-4-10(2)17-13(12(9)5-14)15-6-11-7-16-18(3)8-11/h4,7-8H,6H2,1-3H3,(H,15,17). The Labute approximate surface area is 106 Å². The lowest BCUT2D eigenvalue weighted by Crippen LogP contribution is -2.05. The molecule has 0 saturated carbocycles. The first-order valence-corrected chi connectivity index (χ1v) is 5.70. The van der Waals surface area contributed by atoms with Crippen molar-refractivity contribution in [3.63, 3.8) is 0 Å². The van der Waals surface area contributed by atoms with E-state index in [0.29, 0.717) is 17.9 Å². The van der Waals surface area contributed by atoms with Gasteiger partial charge in [0.25, 0.3) is 0 Å². The van der Waals surface area contributed by atoms with Crippen LogP contribution in [0.2, 0.25) is 0 Å². The van der Waals surface area contributed by atoms with Gasteiger partial charge in [-0.2, -0.15) is 10.4 Å². The smallest absolute Gasteiger partial charge is 0.144 e. The molecule has 0 saturated heterocycles. The predicted molar refractivity (Wildman–Crippen MR) is 69.0 cm³/mol. The van der Waals surface area contributed by atoms with Gasteiger partial charge in [0.15, 0.2) is 0 Å². The Bertz CT molecular complexity index is 606. The highest BCUT2D eigenvalue weighted by atomic mass is 15.2. The SMILES string of the molecule is Cc1cc(C)c(C#N)c(NCc2cnn(C)c2)n1. The number of nitrogens with zero attached hydrogens (tertiary/aromatic N) is 4. The zero-order valence-corrected chi connectivity index (χ0v) is 10.7. The fourth-order valence-electron chi connectivity index (χ4n) is 1.85. The van der Waals surface area contributed by atoms with Gasteiger partial charge in [-0.15, -0.1) is 0 Å². The Morgan fingerprint density at radius 1 is 1.44 bits per heavy atom. The normalized spacial score (nSPS) is 10.1. The summed E-state index contributed by atoms with van der Waals surface area (Å²) in [4.78, 5) is 4.37. The molecule has 5 nitrogen and oxygen atoms in total. The average molecular weight is 241 g/mol. The number of hydrogen-bond donors (Lipinski definition) is 1. The summed E-state index contributed by atoms with van der Waals surface area (Å²) in [6.45, 7) is 4.45. The van der Waals surface area contributed by atoms with Gasteiger partial charge >= 0.3 is 0 Å². The van der Waals surface area contributed by atoms with Crippen LogP contribution in [0, 0.1) is 25.2 Å². The van der Waals surface area contributed by atoms with Crippen LogP contribution < -0.4 is 5.32 Å². The first kappa shape index (κ1) is 12.1. The number of hydrogen-bond acceptors (Lipinski definition) is 4. The predicted octanol–water partition coefficient (Wildman–Crippen LogP) is 1.92. The number of aryl methyl sites for hydroxylation is 3. The molecule has 5 heteroatoms. The monoisotopic (exact) mass is 241 g/mol. The molecule has 0 radical (unpaired) electrons. The van der Waals surface area contributed by atoms with Crippen LogP contribution >= 0.6 is 0 Å². The van der Waals surface area contributed by atoms with E-state index in [1.807, 2.05) is 33.2 Å². The molecule has 0 amide bonds. The molecule has 0 aromatic carbocycles. The zero-order chi connectivity index (χ0) is 13.1. The van der Waals surface area contributed by atoms with Gasteiger partial charge in [0.2, 0.25) is 0 Å². The molecule has 0 fully saturated rings. The van der Waals surface area contributed by atoms with Gasteiger partial charge in [-0.1, -0.05) is 0 Å². The Hall–Kier alpha value is -2.35. The lowest BCUT2D eigenvalue weighted by atomic mass is 10.1. The summed E-state index contributed by atoms with van der Waals surface area (Å²) >= 11 is 0. The second kappa shape index (κ2) is 4.88. The quantitative estimate of drug-likeness (QED) is 0.891. The molecule has 1 N–H and O–H groups in total. The molecule has 2 rings (SSSR count). The van der Waals surface area contributed by atoms with E-state index in [2.05, 4.69) is 21.5 Å². The lowest BCUT2D eigenvalue weighted by molar-refractivity contribution is 0.767. The number of aromatic nitrogens is 3. The third-order valence-electron chi connectivity index (χ3n) is 2.67. The fourth-order valence-corrected chi connectivity index (χ4v) is 1.85. The average Bonchev–Trinajstić information content (AvgIpc) is 2.72. The minimum atomic E-state index is 0.601. The van der Waals surface area contributed by atoms with E-state index in [0.717, 1.165) is 16.8 Å². The third kappa shape index (κ3) is 2.48. The Morgan fingerprint density at radius 2 is 2.22 bits per heavy atom. The van der Waals surface area contributed by atoms with Gasteiger partial charge in [-0.3, -0.25) is 4.68 Å². The Balaban J connectivity index is 2.21. The third-order valence-corrected chi connectivity index (χ3v) is 2.67. The molecule has 0 aliphatic carbocycles. The van der Waals surface area contributed by atoms with Crippen LogP contribution in [0.5, 0.6) is 0 Å². The van der Waals surface area contributed by atoms with Crippen molar-refractivity contribution in [2.45, 2.75) is 20.4 Å². The van der Waals surface area contributed by atoms with E-state index in [1.54, 1.807) is 10.9 Å². The lowest BCUT2D eigenvalue weighted by Gasteiger charge is -2.09. The molecular formula is C13H15N5. The van der Waals surface area contributed by atoms with Crippen molar-refractivity contribution in [2.75, 3.05) is 5.32 Å². The van der Waals surface area contributed by atoms with E-state index < -0.39 is 0 Å². The number of nitrogens with one attached hydrogen (secondary N) is 1. The topological polar surface area (TPSA) is 66.5 Å². The number of anilines is 1. The Kier molecular flexibility index (Phi) is 3.28. The molecule has 0 atom stereocenters. The molecule has 0 spiro atoms. The molecule has 0 aliphatic heterocycles. The molecule has 18 heavy (non-hydrogen) atoms. The summed E-state index contributed by atoms with van der Waals surface area (Å²) in [7, 11) is 1.87. The highest BCUT2D eigenvalue weighted by molar-refractivity contribution is 5.56. The van der Waals surface area contributed by atoms with Crippen LogP contribution in [-0.2, 0) is 13.6 Å². The van der Waals surface area contributed by atoms with E-state index in [9.17, 15) is 0 Å². The van der Waals surface area contributed by atoms with E-state index in [-0.39, 0.29) is 0 Å². The van der Waals surface area contributed by atoms with Gasteiger partial charge < -0.3 is 5.32 Å². The van der Waals surface area contributed by atoms with E-state index in [4.69, 9.17) is 5.26 Å². The summed E-state index contributed by atoms with van der Waals surface area (Å²) in [5.41, 5.74) is 3.51. The van der Waals surface area contributed by atoms with Crippen molar-refractivity contribution in [3.8, 4) is 6.07 Å². The number of pyridine rings is 1. The van der Waals surface area contributed by atoms with Crippen LogP contribution in [0.1, 0.15) is 22.4 Å². The summed E-state index contributed by atoms with van der Waals surface area (Å²) < 4.78 is 1.75. The summed E-state index contributed by atoms with van der Waals surface area (Å²) in [6.07, 6.45) is 3.73. The largest absolute Gasteiger partial charge is 0.365 e. The van der Waals surface area contributed by atoms with Crippen molar-refractivity contribution >= 4 is 5.82 Å². The molecule has 0 bridgehead atoms. The zero-order valence-electron chi connectivity index (χ0n) is 10.7. The Morgan fingerprint density at radius 3 is 2.83 bits per heavy atom. The van der Waals surface area contributed by atoms with Crippen molar-refractivity contribution in [1.29, 1.82) is 5.26 Å². The molecule has 0 aliphatic rings. The summed E-state index contributed by atoms with van der Waals surface area (Å²) in [5, 5.41) is 16.4. The first-order valence-electron chi connectivity index (χ1n) is 5.70. The molecule has 2 aromatic heterocycles. The second-order valence-electron chi connectivity index (χ2n) is 4.29. The second-order valence-corrected chi connectivity index (χ2v) is 4.29. The van der Waals surface area contributed by atoms with Gasteiger partial charge in [0.05, 0.1) is 11.8 Å². The van der Waals surface area contributed by atoms with Crippen LogP contribution in [0.15, 0.2) is 18.5 Å². The van der Waals surface area contributed by atoms with Gasteiger partial charge in [-0.05, 0) is 25.5 Å². The van der Waals surface area contributed by atoms with Crippen LogP contribution in [0.25, 0.3) is 0 Å². The van der Waals surface area contributed by atoms with E-state index >= 15 is 0 Å². The highest BCUT2D eigenvalue weighted by Crippen LogP contribution is 2.18. The number of nitriles is 1. The number of rotatable bonds is 3. The van der Waals surface area contributed by atoms with Crippen molar-refractivity contribution in [3.05, 3.63) is 40.8 Å². The summed E-state index contributed by atoms with van der Waals surface area (Å²) in [5.74, 6) is 0.638. The van der Waals surface area contributed by atoms with Crippen molar-refractivity contribution < 1.29 is 0 Å². The van der Waals surface area contributed by atoms with Crippen LogP contribution in [0.3, 0.4) is 0 Å². The van der Waals surface area contributed by atoms with Gasteiger partial charge in [-0.25, -0.2) is 4.98 Å². The maximum atomic E-state index is 9.15. The van der Waals surface area contributed by atoms with Gasteiger partial charge in [0.1, 0.15) is 11.9 Å². The van der Waals surface area contributed by atoms with E-state index in [1.165, 1.54) is 0 Å². The minimum Gasteiger partial charge on any atom is -0.365 e. The summed E-state index contributed by atoms with van der Waals surface area (Å²) in [6, 6.07) is 4.10. The van der Waals surface area contributed by atoms with Crippen LogP contribution in [0.4, 0.5) is 5.82 Å². The molecule has 2 heterocycles. The molecular weight excluding hydrogens is 226 g/mol. The first-order chi connectivity index (χ1) is 8.60. The fraction of sp³-hybridized carbons (Fsp3) is 0.308. The van der Waals surface area contributed by atoms with Crippen molar-refractivity contribution in [1.82, 2.24) is 14.8 Å². The maximum Gasteiger partial charge on any atom is 0.144 e. The maximum absolute atomic E-state index is 9.15. The highest BCUT2D eigenvalue weighted by Gasteiger charge is 2.08. The van der Waals surface area contributed by atoms with Crippen LogP contribution in [-0.4, -0.2) is 14.8 Å². The molecule has 92 valence electrons. The molecule has 0 unspecified atom stereocenters. The van der Waals surface area contributed by atoms with Gasteiger partial charge in [0, 0.05) is 31.0 Å².